The van der Waals surface area contributed by atoms with Crippen LogP contribution in [0.1, 0.15) is 20.8 Å². The summed E-state index contributed by atoms with van der Waals surface area (Å²) >= 11 is 3.27. The van der Waals surface area contributed by atoms with Gasteiger partial charge in [-0.05, 0) is 47.5 Å². The van der Waals surface area contributed by atoms with Gasteiger partial charge in [0.1, 0.15) is 5.69 Å². The van der Waals surface area contributed by atoms with E-state index in [1.807, 2.05) is 61.1 Å². The topological polar surface area (TPSA) is 38.1 Å². The molecule has 136 valence electrons. The quantitative estimate of drug-likeness (QED) is 0.465. The monoisotopic (exact) mass is 393 g/mol. The third-order valence-corrected chi connectivity index (χ3v) is 6.30. The number of amides is 1. The molecule has 6 heteroatoms. The van der Waals surface area contributed by atoms with E-state index in [4.69, 9.17) is 5.10 Å². The predicted molar refractivity (Wildman–Crippen MR) is 112 cm³/mol. The number of para-hydroxylation sites is 1. The van der Waals surface area contributed by atoms with Gasteiger partial charge in [0.25, 0.3) is 5.91 Å². The minimum absolute atomic E-state index is 0.0200. The van der Waals surface area contributed by atoms with Crippen molar-refractivity contribution in [2.45, 2.75) is 13.5 Å². The first kappa shape index (κ1) is 17.7. The first-order chi connectivity index (χ1) is 13.1. The highest BCUT2D eigenvalue weighted by molar-refractivity contribution is 7.13. The van der Waals surface area contributed by atoms with Crippen LogP contribution in [0.3, 0.4) is 0 Å². The fraction of sp³-hybridized carbons (Fsp3) is 0.143. The Morgan fingerprint density at radius 2 is 1.89 bits per heavy atom. The largest absolute Gasteiger partial charge is 0.336 e. The Bertz CT molecular complexity index is 1050. The Balaban J connectivity index is 1.71. The molecular formula is C21H19N3OS2. The van der Waals surface area contributed by atoms with E-state index in [0.717, 1.165) is 16.3 Å². The van der Waals surface area contributed by atoms with Crippen LogP contribution in [0.4, 0.5) is 0 Å². The summed E-state index contributed by atoms with van der Waals surface area (Å²) < 4.78 is 1.78. The molecule has 0 spiro atoms. The zero-order valence-electron chi connectivity index (χ0n) is 15.1. The van der Waals surface area contributed by atoms with Crippen LogP contribution in [0.2, 0.25) is 0 Å². The van der Waals surface area contributed by atoms with Crippen molar-refractivity contribution in [2.75, 3.05) is 7.05 Å². The summed E-state index contributed by atoms with van der Waals surface area (Å²) in [6.07, 6.45) is 1.84. The fourth-order valence-electron chi connectivity index (χ4n) is 2.90. The van der Waals surface area contributed by atoms with E-state index in [9.17, 15) is 4.79 Å². The summed E-state index contributed by atoms with van der Waals surface area (Å²) in [6.45, 7) is 2.68. The van der Waals surface area contributed by atoms with Gasteiger partial charge < -0.3 is 4.90 Å². The van der Waals surface area contributed by atoms with Crippen molar-refractivity contribution in [2.24, 2.45) is 0 Å². The van der Waals surface area contributed by atoms with Gasteiger partial charge in [-0.15, -0.1) is 22.7 Å². The number of carbonyl (C=O) groups is 1. The zero-order valence-corrected chi connectivity index (χ0v) is 16.8. The average Bonchev–Trinajstić information content (AvgIpc) is 3.43. The molecule has 4 aromatic rings. The molecule has 0 saturated carbocycles. The fourth-order valence-corrected chi connectivity index (χ4v) is 4.58. The van der Waals surface area contributed by atoms with Crippen LogP contribution in [-0.4, -0.2) is 27.6 Å². The van der Waals surface area contributed by atoms with Crippen molar-refractivity contribution >= 4 is 28.6 Å². The van der Waals surface area contributed by atoms with E-state index in [1.165, 1.54) is 10.4 Å². The third kappa shape index (κ3) is 3.59. The van der Waals surface area contributed by atoms with Crippen molar-refractivity contribution in [1.29, 1.82) is 0 Å². The second-order valence-electron chi connectivity index (χ2n) is 6.34. The van der Waals surface area contributed by atoms with Crippen LogP contribution < -0.4 is 0 Å². The van der Waals surface area contributed by atoms with Crippen molar-refractivity contribution in [1.82, 2.24) is 14.7 Å². The minimum atomic E-state index is -0.0200. The lowest BCUT2D eigenvalue weighted by atomic mass is 10.2. The van der Waals surface area contributed by atoms with Crippen LogP contribution in [0.25, 0.3) is 16.3 Å². The summed E-state index contributed by atoms with van der Waals surface area (Å²) in [6, 6.07) is 15.9. The number of hydrogen-bond acceptors (Lipinski definition) is 4. The molecular weight excluding hydrogens is 374 g/mol. The number of aromatic nitrogens is 2. The van der Waals surface area contributed by atoms with Gasteiger partial charge in [-0.3, -0.25) is 4.79 Å². The highest BCUT2D eigenvalue weighted by atomic mass is 32.1. The predicted octanol–water partition coefficient (Wildman–Crippen LogP) is 5.24. The van der Waals surface area contributed by atoms with Crippen LogP contribution in [-0.2, 0) is 6.54 Å². The number of benzene rings is 1. The lowest BCUT2D eigenvalue weighted by Gasteiger charge is -2.16. The molecule has 1 amide bonds. The third-order valence-electron chi connectivity index (χ3n) is 4.42. The van der Waals surface area contributed by atoms with Crippen LogP contribution in [0.5, 0.6) is 0 Å². The summed E-state index contributed by atoms with van der Waals surface area (Å²) in [5.74, 6) is -0.0200. The van der Waals surface area contributed by atoms with E-state index in [1.54, 1.807) is 32.3 Å². The second-order valence-corrected chi connectivity index (χ2v) is 8.29. The second kappa shape index (κ2) is 7.50. The number of carbonyl (C=O) groups excluding carboxylic acids is 1. The van der Waals surface area contributed by atoms with Gasteiger partial charge in [-0.2, -0.15) is 5.10 Å². The van der Waals surface area contributed by atoms with E-state index >= 15 is 0 Å². The van der Waals surface area contributed by atoms with E-state index < -0.39 is 0 Å². The van der Waals surface area contributed by atoms with Crippen molar-refractivity contribution < 1.29 is 4.79 Å². The van der Waals surface area contributed by atoms with Crippen molar-refractivity contribution in [3.63, 3.8) is 0 Å². The smallest absolute Gasteiger partial charge is 0.257 e. The maximum atomic E-state index is 13.2. The summed E-state index contributed by atoms with van der Waals surface area (Å²) in [5.41, 5.74) is 3.51. The molecule has 0 aliphatic heterocycles. The normalized spacial score (nSPS) is 10.9. The highest BCUT2D eigenvalue weighted by Crippen LogP contribution is 2.29. The molecule has 4 nitrogen and oxygen atoms in total. The molecule has 0 aliphatic carbocycles. The summed E-state index contributed by atoms with van der Waals surface area (Å²) in [5, 5.41) is 8.79. The zero-order chi connectivity index (χ0) is 18.8. The lowest BCUT2D eigenvalue weighted by molar-refractivity contribution is 0.0787. The van der Waals surface area contributed by atoms with E-state index in [-0.39, 0.29) is 5.91 Å². The summed E-state index contributed by atoms with van der Waals surface area (Å²) in [7, 11) is 1.85. The molecule has 3 heterocycles. The van der Waals surface area contributed by atoms with Crippen molar-refractivity contribution in [3.8, 4) is 16.3 Å². The van der Waals surface area contributed by atoms with Crippen molar-refractivity contribution in [3.05, 3.63) is 81.5 Å². The van der Waals surface area contributed by atoms with Gasteiger partial charge in [0.2, 0.25) is 0 Å². The number of thiophene rings is 2. The Hall–Kier alpha value is -2.70. The molecule has 27 heavy (non-hydrogen) atoms. The van der Waals surface area contributed by atoms with E-state index in [0.29, 0.717) is 12.1 Å². The molecule has 0 N–H and O–H groups in total. The van der Waals surface area contributed by atoms with Gasteiger partial charge in [0.15, 0.2) is 0 Å². The molecule has 0 radical (unpaired) electrons. The number of rotatable bonds is 5. The average molecular weight is 394 g/mol. The molecule has 0 fully saturated rings. The Morgan fingerprint density at radius 1 is 1.07 bits per heavy atom. The standard InChI is InChI=1S/C21H19N3OS2/c1-15-10-12-27-19(15)14-23(2)21(25)17-13-24(16-7-4-3-5-8-16)22-20(17)18-9-6-11-26-18/h3-13H,14H2,1-2H3. The van der Waals surface area contributed by atoms with Crippen LogP contribution in [0.15, 0.2) is 65.5 Å². The first-order valence-corrected chi connectivity index (χ1v) is 10.4. The molecule has 0 bridgehead atoms. The van der Waals surface area contributed by atoms with Gasteiger partial charge in [-0.25, -0.2) is 4.68 Å². The minimum Gasteiger partial charge on any atom is -0.336 e. The maximum Gasteiger partial charge on any atom is 0.257 e. The SMILES string of the molecule is Cc1ccsc1CN(C)C(=O)c1cn(-c2ccccc2)nc1-c1cccs1. The molecule has 0 saturated heterocycles. The molecule has 3 aromatic heterocycles. The van der Waals surface area contributed by atoms with Gasteiger partial charge >= 0.3 is 0 Å². The maximum absolute atomic E-state index is 13.2. The molecule has 0 aliphatic rings. The molecule has 0 atom stereocenters. The Labute approximate surface area is 166 Å². The van der Waals surface area contributed by atoms with Gasteiger partial charge in [0, 0.05) is 18.1 Å². The Kier molecular flexibility index (Phi) is 4.92. The van der Waals surface area contributed by atoms with Crippen LogP contribution in [0, 0.1) is 6.92 Å². The number of nitrogens with zero attached hydrogens (tertiary/aromatic N) is 3. The molecule has 4 rings (SSSR count). The van der Waals surface area contributed by atoms with Gasteiger partial charge in [-0.1, -0.05) is 24.3 Å². The summed E-state index contributed by atoms with van der Waals surface area (Å²) in [4.78, 5) is 17.2. The van der Waals surface area contributed by atoms with E-state index in [2.05, 4.69) is 18.4 Å². The molecule has 1 aromatic carbocycles. The highest BCUT2D eigenvalue weighted by Gasteiger charge is 2.22. The number of hydrogen-bond donors (Lipinski definition) is 0. The van der Waals surface area contributed by atoms with Gasteiger partial charge in [0.05, 0.1) is 22.7 Å². The Morgan fingerprint density at radius 3 is 2.56 bits per heavy atom. The lowest BCUT2D eigenvalue weighted by Crippen LogP contribution is -2.26. The first-order valence-electron chi connectivity index (χ1n) is 8.61. The number of aryl methyl sites for hydroxylation is 1. The molecule has 0 unspecified atom stereocenters. The van der Waals surface area contributed by atoms with Crippen LogP contribution >= 0.6 is 22.7 Å².